The first-order chi connectivity index (χ1) is 6.77. The number of anilines is 1. The van der Waals surface area contributed by atoms with Crippen LogP contribution >= 0.6 is 23.3 Å². The fourth-order valence-corrected chi connectivity index (χ4v) is 2.40. The highest BCUT2D eigenvalue weighted by molar-refractivity contribution is 7.99. The van der Waals surface area contributed by atoms with Crippen molar-refractivity contribution >= 4 is 28.3 Å². The summed E-state index contributed by atoms with van der Waals surface area (Å²) in [4.78, 5) is 0. The van der Waals surface area contributed by atoms with Crippen LogP contribution < -0.4 is 11.3 Å². The van der Waals surface area contributed by atoms with E-state index in [2.05, 4.69) is 21.9 Å². The fraction of sp³-hybridized carbons (Fsp3) is 0.714. The van der Waals surface area contributed by atoms with Crippen LogP contribution in [0, 0.1) is 0 Å². The molecule has 0 saturated carbocycles. The van der Waals surface area contributed by atoms with E-state index < -0.39 is 0 Å². The van der Waals surface area contributed by atoms with Gasteiger partial charge in [-0.1, -0.05) is 11.4 Å². The quantitative estimate of drug-likeness (QED) is 0.499. The van der Waals surface area contributed by atoms with Crippen LogP contribution in [0.5, 0.6) is 0 Å². The molecule has 1 aromatic rings. The number of nitrogen functional groups attached to an aromatic ring is 1. The first kappa shape index (κ1) is 11.7. The van der Waals surface area contributed by atoms with Crippen molar-refractivity contribution in [1.29, 1.82) is 0 Å². The van der Waals surface area contributed by atoms with Gasteiger partial charge in [0, 0.05) is 29.1 Å². The number of thioether (sulfide) groups is 1. The summed E-state index contributed by atoms with van der Waals surface area (Å²) in [6.07, 6.45) is 0.799. The van der Waals surface area contributed by atoms with Crippen molar-refractivity contribution in [3.63, 3.8) is 0 Å². The Morgan fingerprint density at radius 2 is 2.50 bits per heavy atom. The third-order valence-electron chi connectivity index (χ3n) is 1.73. The number of nitrogens with one attached hydrogen (secondary N) is 1. The Labute approximate surface area is 91.2 Å². The van der Waals surface area contributed by atoms with E-state index in [1.807, 2.05) is 0 Å². The van der Waals surface area contributed by atoms with Gasteiger partial charge in [0.05, 0.1) is 0 Å². The number of hydrogen-bond acceptors (Lipinski definition) is 7. The van der Waals surface area contributed by atoms with Crippen molar-refractivity contribution in [2.75, 3.05) is 12.0 Å². The topological polar surface area (TPSA) is 84.1 Å². The predicted molar refractivity (Wildman–Crippen MR) is 60.2 cm³/mol. The molecule has 1 rings (SSSR count). The molecule has 0 bridgehead atoms. The van der Waals surface area contributed by atoms with Gasteiger partial charge in [0.15, 0.2) is 0 Å². The van der Waals surface area contributed by atoms with Crippen LogP contribution in [0.1, 0.15) is 19.0 Å². The van der Waals surface area contributed by atoms with Crippen LogP contribution in [0.4, 0.5) is 5.00 Å². The highest BCUT2D eigenvalue weighted by atomic mass is 32.2. The Hall–Kier alpha value is -0.370. The lowest BCUT2D eigenvalue weighted by atomic mass is 10.3. The molecule has 0 radical (unpaired) electrons. The maximum absolute atomic E-state index is 8.72. The lowest BCUT2D eigenvalue weighted by molar-refractivity contribution is 0.289. The summed E-state index contributed by atoms with van der Waals surface area (Å²) in [6.45, 7) is 2.31. The maximum atomic E-state index is 8.72. The van der Waals surface area contributed by atoms with E-state index >= 15 is 0 Å². The largest absolute Gasteiger partial charge is 0.396 e. The molecule has 14 heavy (non-hydrogen) atoms. The van der Waals surface area contributed by atoms with Crippen molar-refractivity contribution < 1.29 is 5.11 Å². The summed E-state index contributed by atoms with van der Waals surface area (Å²) in [7, 11) is 0. The normalized spacial score (nSPS) is 12.8. The maximum Gasteiger partial charge on any atom is 0.148 e. The van der Waals surface area contributed by atoms with E-state index in [-0.39, 0.29) is 6.61 Å². The van der Waals surface area contributed by atoms with Gasteiger partial charge in [-0.2, -0.15) is 11.8 Å². The summed E-state index contributed by atoms with van der Waals surface area (Å²) in [5.41, 5.74) is 3.44. The molecule has 0 saturated heterocycles. The highest BCUT2D eigenvalue weighted by Gasteiger charge is 2.09. The molecule has 5 nitrogen and oxygen atoms in total. The zero-order valence-corrected chi connectivity index (χ0v) is 9.57. The van der Waals surface area contributed by atoms with Gasteiger partial charge in [0.25, 0.3) is 0 Å². The summed E-state index contributed by atoms with van der Waals surface area (Å²) >= 11 is 2.99. The molecule has 0 aromatic carbocycles. The Morgan fingerprint density at radius 1 is 1.71 bits per heavy atom. The number of aliphatic hydroxyl groups is 1. The number of aliphatic hydroxyl groups excluding tert-OH is 1. The molecular weight excluding hydrogens is 220 g/mol. The minimum absolute atomic E-state index is 0.228. The summed E-state index contributed by atoms with van der Waals surface area (Å²) in [5, 5.41) is 13.9. The molecule has 0 amide bonds. The highest BCUT2D eigenvalue weighted by Crippen LogP contribution is 2.24. The summed E-state index contributed by atoms with van der Waals surface area (Å²) in [6, 6.07) is 0. The lowest BCUT2D eigenvalue weighted by Crippen LogP contribution is -2.07. The van der Waals surface area contributed by atoms with Crippen LogP contribution in [-0.4, -0.2) is 26.6 Å². The Kier molecular flexibility index (Phi) is 5.16. The van der Waals surface area contributed by atoms with Crippen LogP contribution in [0.25, 0.3) is 0 Å². The summed E-state index contributed by atoms with van der Waals surface area (Å²) < 4.78 is 3.80. The van der Waals surface area contributed by atoms with E-state index in [1.54, 1.807) is 11.8 Å². The zero-order chi connectivity index (χ0) is 10.4. The van der Waals surface area contributed by atoms with E-state index in [4.69, 9.17) is 10.9 Å². The second-order valence-corrected chi connectivity index (χ2v) is 5.01. The molecule has 0 aliphatic rings. The zero-order valence-electron chi connectivity index (χ0n) is 7.93. The number of rotatable bonds is 6. The second-order valence-electron chi connectivity index (χ2n) is 2.83. The molecule has 0 aliphatic carbocycles. The molecule has 7 heteroatoms. The first-order valence-corrected chi connectivity index (χ1v) is 6.10. The average molecular weight is 234 g/mol. The Balaban J connectivity index is 2.37. The Morgan fingerprint density at radius 3 is 3.14 bits per heavy atom. The molecule has 0 fully saturated rings. The SMILES string of the molecule is CC(CCO)SCc1nnsc1NN. The van der Waals surface area contributed by atoms with Crippen molar-refractivity contribution in [3.05, 3.63) is 5.69 Å². The van der Waals surface area contributed by atoms with Gasteiger partial charge in [-0.15, -0.1) is 5.10 Å². The third-order valence-corrected chi connectivity index (χ3v) is 3.67. The Bertz CT molecular complexity index is 268. The van der Waals surface area contributed by atoms with Gasteiger partial charge in [-0.05, 0) is 6.42 Å². The van der Waals surface area contributed by atoms with Crippen molar-refractivity contribution in [2.45, 2.75) is 24.3 Å². The minimum Gasteiger partial charge on any atom is -0.396 e. The number of aromatic nitrogens is 2. The molecule has 1 unspecified atom stereocenters. The summed E-state index contributed by atoms with van der Waals surface area (Å²) in [5.74, 6) is 6.07. The van der Waals surface area contributed by atoms with Crippen LogP contribution in [0.3, 0.4) is 0 Å². The number of hydrazine groups is 1. The molecule has 4 N–H and O–H groups in total. The first-order valence-electron chi connectivity index (χ1n) is 4.28. The van der Waals surface area contributed by atoms with Crippen molar-refractivity contribution in [2.24, 2.45) is 5.84 Å². The smallest absolute Gasteiger partial charge is 0.148 e. The molecule has 1 atom stereocenters. The van der Waals surface area contributed by atoms with Gasteiger partial charge in [-0.3, -0.25) is 0 Å². The van der Waals surface area contributed by atoms with Gasteiger partial charge in [-0.25, -0.2) is 5.84 Å². The van der Waals surface area contributed by atoms with Gasteiger partial charge >= 0.3 is 0 Å². The second kappa shape index (κ2) is 6.18. The number of nitrogens with zero attached hydrogens (tertiary/aromatic N) is 2. The number of nitrogens with two attached hydrogens (primary N) is 1. The lowest BCUT2D eigenvalue weighted by Gasteiger charge is -2.07. The predicted octanol–water partition coefficient (Wildman–Crippen LogP) is 0.828. The van der Waals surface area contributed by atoms with Crippen LogP contribution in [0.15, 0.2) is 0 Å². The van der Waals surface area contributed by atoms with Gasteiger partial charge in [0.2, 0.25) is 0 Å². The van der Waals surface area contributed by atoms with Crippen LogP contribution in [-0.2, 0) is 5.75 Å². The standard InChI is InChI=1S/C7H14N4OS2/c1-5(2-3-12)13-4-6-7(9-8)14-11-10-6/h5,9,12H,2-4,8H2,1H3. The van der Waals surface area contributed by atoms with Crippen molar-refractivity contribution in [1.82, 2.24) is 9.59 Å². The molecular formula is C7H14N4OS2. The fourth-order valence-electron chi connectivity index (χ4n) is 0.899. The van der Waals surface area contributed by atoms with E-state index in [9.17, 15) is 0 Å². The average Bonchev–Trinajstić information content (AvgIpc) is 2.62. The monoisotopic (exact) mass is 234 g/mol. The van der Waals surface area contributed by atoms with Crippen molar-refractivity contribution in [3.8, 4) is 0 Å². The third kappa shape index (κ3) is 3.41. The number of hydrogen-bond donors (Lipinski definition) is 3. The van der Waals surface area contributed by atoms with E-state index in [0.717, 1.165) is 22.9 Å². The van der Waals surface area contributed by atoms with E-state index in [1.165, 1.54) is 11.5 Å². The minimum atomic E-state index is 0.228. The van der Waals surface area contributed by atoms with Crippen LogP contribution in [0.2, 0.25) is 0 Å². The van der Waals surface area contributed by atoms with Gasteiger partial charge < -0.3 is 10.5 Å². The van der Waals surface area contributed by atoms with Gasteiger partial charge in [0.1, 0.15) is 10.7 Å². The molecule has 1 aromatic heterocycles. The molecule has 0 aliphatic heterocycles. The van der Waals surface area contributed by atoms with E-state index in [0.29, 0.717) is 5.25 Å². The molecule has 0 spiro atoms. The molecule has 80 valence electrons. The molecule has 1 heterocycles.